The summed E-state index contributed by atoms with van der Waals surface area (Å²) in [5.74, 6) is -0.486. The van der Waals surface area contributed by atoms with Gasteiger partial charge in [-0.05, 0) is 53.6 Å². The Kier molecular flexibility index (Phi) is 4.73. The number of amides is 2. The van der Waals surface area contributed by atoms with Gasteiger partial charge >= 0.3 is 0 Å². The average Bonchev–Trinajstić information content (AvgIpc) is 3.18. The fourth-order valence-corrected chi connectivity index (χ4v) is 5.05. The van der Waals surface area contributed by atoms with Crippen LogP contribution in [0.2, 0.25) is 0 Å². The second-order valence-electron chi connectivity index (χ2n) is 7.41. The number of hydrogen-bond acceptors (Lipinski definition) is 5. The highest BCUT2D eigenvalue weighted by Gasteiger charge is 2.33. The molecule has 3 N–H and O–H groups in total. The van der Waals surface area contributed by atoms with Crippen LogP contribution >= 0.6 is 11.3 Å². The van der Waals surface area contributed by atoms with Crippen molar-refractivity contribution >= 4 is 49.7 Å². The lowest BCUT2D eigenvalue weighted by Gasteiger charge is -2.28. The molecule has 4 aromatic rings. The average molecular weight is 416 g/mol. The first kappa shape index (κ1) is 18.8. The van der Waals surface area contributed by atoms with Gasteiger partial charge in [-0.15, -0.1) is 11.3 Å². The number of imide groups is 1. The van der Waals surface area contributed by atoms with Crippen LogP contribution in [0.4, 0.5) is 5.69 Å². The van der Waals surface area contributed by atoms with Gasteiger partial charge in [0.05, 0.1) is 6.54 Å². The molecule has 0 radical (unpaired) electrons. The standard InChI is InChI=1S/C24H21N3O2S/c25-11-4-12-26-20-10-9-19-22-17(20)6-3-7-18(22)23(28)27(24(19)29)13-15-14-30-21-8-2-1-5-16(15)21/h1-3,5-10,14,26H,4,11-13,25H2. The number of anilines is 1. The first-order valence-electron chi connectivity index (χ1n) is 10.00. The number of carbonyl (C=O) groups is 2. The predicted molar refractivity (Wildman–Crippen MR) is 122 cm³/mol. The third kappa shape index (κ3) is 2.96. The number of fused-ring (bicyclic) bond motifs is 1. The molecule has 2 amide bonds. The van der Waals surface area contributed by atoms with Gasteiger partial charge in [-0.25, -0.2) is 0 Å². The Morgan fingerprint density at radius 1 is 0.900 bits per heavy atom. The van der Waals surface area contributed by atoms with Crippen LogP contribution in [0.25, 0.3) is 20.9 Å². The maximum absolute atomic E-state index is 13.3. The van der Waals surface area contributed by atoms with E-state index in [4.69, 9.17) is 5.73 Å². The van der Waals surface area contributed by atoms with Crippen LogP contribution in [0.5, 0.6) is 0 Å². The topological polar surface area (TPSA) is 75.4 Å². The molecule has 2 heterocycles. The summed E-state index contributed by atoms with van der Waals surface area (Å²) in [6.45, 7) is 1.62. The molecule has 30 heavy (non-hydrogen) atoms. The van der Waals surface area contributed by atoms with Crippen LogP contribution in [-0.2, 0) is 6.54 Å². The smallest absolute Gasteiger partial charge is 0.261 e. The molecule has 0 atom stereocenters. The maximum Gasteiger partial charge on any atom is 0.261 e. The number of nitrogens with zero attached hydrogens (tertiary/aromatic N) is 1. The van der Waals surface area contributed by atoms with Gasteiger partial charge in [-0.1, -0.05) is 30.3 Å². The molecular formula is C24H21N3O2S. The van der Waals surface area contributed by atoms with Crippen molar-refractivity contribution in [2.45, 2.75) is 13.0 Å². The largest absolute Gasteiger partial charge is 0.384 e. The molecule has 0 bridgehead atoms. The van der Waals surface area contributed by atoms with E-state index in [1.807, 2.05) is 53.9 Å². The van der Waals surface area contributed by atoms with Gasteiger partial charge in [-0.2, -0.15) is 0 Å². The second-order valence-corrected chi connectivity index (χ2v) is 8.32. The molecule has 0 fully saturated rings. The van der Waals surface area contributed by atoms with E-state index < -0.39 is 0 Å². The fraction of sp³-hybridized carbons (Fsp3) is 0.167. The van der Waals surface area contributed by atoms with E-state index in [2.05, 4.69) is 11.4 Å². The van der Waals surface area contributed by atoms with Crippen molar-refractivity contribution in [2.75, 3.05) is 18.4 Å². The lowest BCUT2D eigenvalue weighted by molar-refractivity contribution is 0.0599. The zero-order valence-electron chi connectivity index (χ0n) is 16.4. The van der Waals surface area contributed by atoms with Crippen molar-refractivity contribution in [1.29, 1.82) is 0 Å². The number of hydrogen-bond donors (Lipinski definition) is 2. The molecule has 150 valence electrons. The minimum Gasteiger partial charge on any atom is -0.384 e. The molecule has 0 spiro atoms. The van der Waals surface area contributed by atoms with Gasteiger partial charge in [0.1, 0.15) is 0 Å². The van der Waals surface area contributed by atoms with Crippen molar-refractivity contribution in [2.24, 2.45) is 5.73 Å². The van der Waals surface area contributed by atoms with Gasteiger partial charge < -0.3 is 11.1 Å². The van der Waals surface area contributed by atoms with Crippen LogP contribution in [0.1, 0.15) is 32.7 Å². The highest BCUT2D eigenvalue weighted by atomic mass is 32.1. The van der Waals surface area contributed by atoms with Crippen molar-refractivity contribution in [3.05, 3.63) is 76.7 Å². The van der Waals surface area contributed by atoms with Gasteiger partial charge in [0, 0.05) is 38.8 Å². The van der Waals surface area contributed by atoms with Crippen molar-refractivity contribution in [3.63, 3.8) is 0 Å². The summed E-state index contributed by atoms with van der Waals surface area (Å²) in [6.07, 6.45) is 0.850. The van der Waals surface area contributed by atoms with E-state index >= 15 is 0 Å². The van der Waals surface area contributed by atoms with Crippen LogP contribution < -0.4 is 11.1 Å². The van der Waals surface area contributed by atoms with Gasteiger partial charge in [0.15, 0.2) is 0 Å². The third-order valence-corrected chi connectivity index (χ3v) is 6.59. The Morgan fingerprint density at radius 3 is 2.50 bits per heavy atom. The molecule has 0 unspecified atom stereocenters. The fourth-order valence-electron chi connectivity index (χ4n) is 4.09. The summed E-state index contributed by atoms with van der Waals surface area (Å²) in [5, 5.41) is 8.12. The molecule has 1 aliphatic heterocycles. The van der Waals surface area contributed by atoms with E-state index in [1.165, 1.54) is 4.90 Å². The molecule has 5 nitrogen and oxygen atoms in total. The molecule has 3 aromatic carbocycles. The van der Waals surface area contributed by atoms with E-state index in [9.17, 15) is 9.59 Å². The highest BCUT2D eigenvalue weighted by molar-refractivity contribution is 7.17. The lowest BCUT2D eigenvalue weighted by Crippen LogP contribution is -2.39. The minimum atomic E-state index is -0.243. The Labute approximate surface area is 178 Å². The molecule has 1 aliphatic rings. The Morgan fingerprint density at radius 2 is 1.67 bits per heavy atom. The van der Waals surface area contributed by atoms with E-state index in [-0.39, 0.29) is 18.4 Å². The monoisotopic (exact) mass is 415 g/mol. The lowest BCUT2D eigenvalue weighted by atomic mass is 9.92. The first-order valence-corrected chi connectivity index (χ1v) is 10.9. The zero-order chi connectivity index (χ0) is 20.7. The molecule has 0 saturated carbocycles. The molecule has 0 saturated heterocycles. The van der Waals surface area contributed by atoms with Crippen LogP contribution in [0.15, 0.2) is 60.0 Å². The minimum absolute atomic E-state index is 0.243. The summed E-state index contributed by atoms with van der Waals surface area (Å²) in [4.78, 5) is 28.0. The van der Waals surface area contributed by atoms with E-state index in [0.29, 0.717) is 17.7 Å². The van der Waals surface area contributed by atoms with Crippen molar-refractivity contribution in [1.82, 2.24) is 4.90 Å². The summed E-state index contributed by atoms with van der Waals surface area (Å²) < 4.78 is 1.15. The van der Waals surface area contributed by atoms with E-state index in [1.54, 1.807) is 11.3 Å². The Hall–Kier alpha value is -3.22. The molecule has 6 heteroatoms. The van der Waals surface area contributed by atoms with Crippen molar-refractivity contribution in [3.8, 4) is 0 Å². The maximum atomic E-state index is 13.3. The third-order valence-electron chi connectivity index (χ3n) is 5.58. The number of nitrogens with two attached hydrogens (primary N) is 1. The van der Waals surface area contributed by atoms with Crippen molar-refractivity contribution < 1.29 is 9.59 Å². The molecule has 1 aromatic heterocycles. The van der Waals surface area contributed by atoms with E-state index in [0.717, 1.165) is 45.1 Å². The van der Waals surface area contributed by atoms with Gasteiger partial charge in [0.2, 0.25) is 0 Å². The SMILES string of the molecule is NCCCNc1ccc2c3c(cccc13)C(=O)N(Cc1csc3ccccc13)C2=O. The number of thiophene rings is 1. The van der Waals surface area contributed by atoms with Gasteiger partial charge in [-0.3, -0.25) is 14.5 Å². The Balaban J connectivity index is 1.55. The highest BCUT2D eigenvalue weighted by Crippen LogP contribution is 2.36. The summed E-state index contributed by atoms with van der Waals surface area (Å²) in [7, 11) is 0. The van der Waals surface area contributed by atoms with Crippen LogP contribution in [0, 0.1) is 0 Å². The second kappa shape index (κ2) is 7.55. The quantitative estimate of drug-likeness (QED) is 0.356. The number of rotatable bonds is 6. The van der Waals surface area contributed by atoms with Crippen LogP contribution in [0.3, 0.4) is 0 Å². The zero-order valence-corrected chi connectivity index (χ0v) is 17.2. The summed E-state index contributed by atoms with van der Waals surface area (Å²) >= 11 is 1.63. The molecule has 0 aliphatic carbocycles. The summed E-state index contributed by atoms with van der Waals surface area (Å²) in [6, 6.07) is 17.4. The number of benzene rings is 3. The van der Waals surface area contributed by atoms with Gasteiger partial charge in [0.25, 0.3) is 11.8 Å². The first-order chi connectivity index (χ1) is 14.7. The Bertz CT molecular complexity index is 1270. The molecular weight excluding hydrogens is 394 g/mol. The number of carbonyl (C=O) groups excluding carboxylic acids is 2. The normalized spacial score (nSPS) is 13.4. The number of nitrogens with one attached hydrogen (secondary N) is 1. The predicted octanol–water partition coefficient (Wildman–Crippen LogP) is 4.61. The van der Waals surface area contributed by atoms with Crippen LogP contribution in [-0.4, -0.2) is 29.8 Å². The summed E-state index contributed by atoms with van der Waals surface area (Å²) in [5.41, 5.74) is 8.65. The molecule has 5 rings (SSSR count).